The van der Waals surface area contributed by atoms with Crippen LogP contribution in [0.25, 0.3) is 0 Å². The monoisotopic (exact) mass is 540 g/mol. The third kappa shape index (κ3) is 6.17. The smallest absolute Gasteiger partial charge is 0.407 e. The van der Waals surface area contributed by atoms with Gasteiger partial charge in [0.1, 0.15) is 5.60 Å². The van der Waals surface area contributed by atoms with E-state index in [1.165, 1.54) is 0 Å². The number of amides is 5. The highest BCUT2D eigenvalue weighted by atomic mass is 16.6. The lowest BCUT2D eigenvalue weighted by Crippen LogP contribution is -2.40. The van der Waals surface area contributed by atoms with Crippen LogP contribution < -0.4 is 11.1 Å². The SMILES string of the molecule is Cc1cc2c(cc1C)C(=O)N(CCNC(=O)OC(C)(C)C)C2=O.NCCN1C(=O)c2cc(O)c(O)cc2C1=O. The average molecular weight is 541 g/mol. The molecule has 0 saturated carbocycles. The zero-order chi connectivity index (χ0) is 29.2. The van der Waals surface area contributed by atoms with Gasteiger partial charge in [0.2, 0.25) is 0 Å². The molecular weight excluding hydrogens is 508 g/mol. The standard InChI is InChI=1S/C17H22N2O4.C10H10N2O4/c1-10-8-12-13(9-11(10)2)15(21)19(14(12)20)7-6-18-16(22)23-17(3,4)5;11-1-2-12-9(15)5-3-7(13)8(14)4-6(5)10(12)16/h8-9H,6-7H2,1-5H3,(H,18,22);3-4,13-14H,1-2,11H2. The molecule has 0 saturated heterocycles. The predicted molar refractivity (Wildman–Crippen MR) is 140 cm³/mol. The van der Waals surface area contributed by atoms with Crippen LogP contribution in [-0.2, 0) is 4.74 Å². The van der Waals surface area contributed by atoms with E-state index in [0.717, 1.165) is 33.1 Å². The first kappa shape index (κ1) is 29.1. The minimum atomic E-state index is -0.589. The van der Waals surface area contributed by atoms with Crippen LogP contribution in [0.15, 0.2) is 24.3 Å². The van der Waals surface area contributed by atoms with Crippen LogP contribution in [0.1, 0.15) is 73.3 Å². The van der Waals surface area contributed by atoms with E-state index < -0.39 is 35.0 Å². The van der Waals surface area contributed by atoms with E-state index in [-0.39, 0.29) is 49.1 Å². The van der Waals surface area contributed by atoms with Crippen molar-refractivity contribution in [2.24, 2.45) is 5.73 Å². The van der Waals surface area contributed by atoms with Crippen molar-refractivity contribution < 1.29 is 38.9 Å². The Labute approximate surface area is 225 Å². The normalized spacial score (nSPS) is 14.2. The van der Waals surface area contributed by atoms with Gasteiger partial charge < -0.3 is 26.0 Å². The van der Waals surface area contributed by atoms with E-state index >= 15 is 0 Å². The van der Waals surface area contributed by atoms with Crippen LogP contribution in [0.4, 0.5) is 4.79 Å². The van der Waals surface area contributed by atoms with E-state index in [4.69, 9.17) is 10.5 Å². The van der Waals surface area contributed by atoms with E-state index in [2.05, 4.69) is 5.32 Å². The second kappa shape index (κ2) is 11.1. The van der Waals surface area contributed by atoms with Crippen molar-refractivity contribution in [3.05, 3.63) is 57.6 Å². The molecule has 0 spiro atoms. The number of carbonyl (C=O) groups is 5. The van der Waals surface area contributed by atoms with Gasteiger partial charge in [-0.15, -0.1) is 0 Å². The quantitative estimate of drug-likeness (QED) is 0.326. The number of carbonyl (C=O) groups excluding carboxylic acids is 5. The number of aromatic hydroxyl groups is 2. The molecular formula is C27H32N4O8. The number of fused-ring (bicyclic) bond motifs is 2. The average Bonchev–Trinajstić information content (AvgIpc) is 3.19. The number of benzene rings is 2. The summed E-state index contributed by atoms with van der Waals surface area (Å²) >= 11 is 0. The first-order valence-corrected chi connectivity index (χ1v) is 12.2. The first-order valence-electron chi connectivity index (χ1n) is 12.2. The van der Waals surface area contributed by atoms with Gasteiger partial charge >= 0.3 is 6.09 Å². The molecule has 5 amide bonds. The van der Waals surface area contributed by atoms with Crippen LogP contribution in [-0.4, -0.2) is 81.5 Å². The number of rotatable bonds is 5. The Hall–Kier alpha value is -4.45. The number of phenolic OH excluding ortho intramolecular Hbond substituents is 2. The summed E-state index contributed by atoms with van der Waals surface area (Å²) in [5.74, 6) is -2.48. The fourth-order valence-corrected chi connectivity index (χ4v) is 3.99. The summed E-state index contributed by atoms with van der Waals surface area (Å²) in [6.07, 6.45) is -0.569. The maximum atomic E-state index is 12.3. The number of hydrogen-bond acceptors (Lipinski definition) is 9. The molecule has 12 nitrogen and oxygen atoms in total. The summed E-state index contributed by atoms with van der Waals surface area (Å²) in [6.45, 7) is 9.66. The third-order valence-corrected chi connectivity index (χ3v) is 6.01. The topological polar surface area (TPSA) is 180 Å². The molecule has 4 rings (SSSR count). The van der Waals surface area contributed by atoms with Crippen molar-refractivity contribution >= 4 is 29.7 Å². The van der Waals surface area contributed by atoms with Crippen molar-refractivity contribution in [3.63, 3.8) is 0 Å². The molecule has 0 fully saturated rings. The summed E-state index contributed by atoms with van der Waals surface area (Å²) in [7, 11) is 0. The number of ether oxygens (including phenoxy) is 1. The second-order valence-corrected chi connectivity index (χ2v) is 10.1. The molecule has 0 bridgehead atoms. The molecule has 208 valence electrons. The summed E-state index contributed by atoms with van der Waals surface area (Å²) < 4.78 is 5.11. The number of hydrogen-bond donors (Lipinski definition) is 4. The number of alkyl carbamates (subject to hydrolysis) is 1. The van der Waals surface area contributed by atoms with Gasteiger partial charge in [0, 0.05) is 26.2 Å². The number of nitrogens with zero attached hydrogens (tertiary/aromatic N) is 2. The van der Waals surface area contributed by atoms with E-state index in [1.54, 1.807) is 32.9 Å². The number of nitrogens with two attached hydrogens (primary N) is 1. The molecule has 2 aromatic carbocycles. The molecule has 0 aliphatic carbocycles. The maximum absolute atomic E-state index is 12.3. The predicted octanol–water partition coefficient (Wildman–Crippen LogP) is 2.08. The number of nitrogens with one attached hydrogen (secondary N) is 1. The summed E-state index contributed by atoms with van der Waals surface area (Å²) in [4.78, 5) is 61.8. The van der Waals surface area contributed by atoms with Gasteiger partial charge in [-0.1, -0.05) is 0 Å². The fraction of sp³-hybridized carbons (Fsp3) is 0.370. The molecule has 2 heterocycles. The van der Waals surface area contributed by atoms with E-state index in [9.17, 15) is 34.2 Å². The Morgan fingerprint density at radius 1 is 0.795 bits per heavy atom. The van der Waals surface area contributed by atoms with Gasteiger partial charge in [0.15, 0.2) is 11.5 Å². The second-order valence-electron chi connectivity index (χ2n) is 10.1. The summed E-state index contributed by atoms with van der Waals surface area (Å²) in [5, 5.41) is 21.0. The highest BCUT2D eigenvalue weighted by molar-refractivity contribution is 6.22. The van der Waals surface area contributed by atoms with Gasteiger partial charge in [-0.3, -0.25) is 29.0 Å². The van der Waals surface area contributed by atoms with E-state index in [0.29, 0.717) is 11.1 Å². The van der Waals surface area contributed by atoms with Gasteiger partial charge in [-0.05, 0) is 70.0 Å². The zero-order valence-corrected chi connectivity index (χ0v) is 22.5. The molecule has 0 unspecified atom stereocenters. The van der Waals surface area contributed by atoms with E-state index in [1.807, 2.05) is 13.8 Å². The maximum Gasteiger partial charge on any atom is 0.407 e. The van der Waals surface area contributed by atoms with Crippen molar-refractivity contribution in [2.75, 3.05) is 26.2 Å². The van der Waals surface area contributed by atoms with Crippen LogP contribution in [0.2, 0.25) is 0 Å². The lowest BCUT2D eigenvalue weighted by molar-refractivity contribution is 0.0504. The van der Waals surface area contributed by atoms with Crippen LogP contribution in [0, 0.1) is 13.8 Å². The van der Waals surface area contributed by atoms with Gasteiger partial charge in [-0.2, -0.15) is 0 Å². The van der Waals surface area contributed by atoms with Crippen molar-refractivity contribution in [3.8, 4) is 11.5 Å². The largest absolute Gasteiger partial charge is 0.504 e. The fourth-order valence-electron chi connectivity index (χ4n) is 3.99. The molecule has 0 atom stereocenters. The van der Waals surface area contributed by atoms with Gasteiger partial charge in [0.05, 0.1) is 22.3 Å². The molecule has 2 aromatic rings. The molecule has 5 N–H and O–H groups in total. The Morgan fingerprint density at radius 3 is 1.56 bits per heavy atom. The molecule has 12 heteroatoms. The van der Waals surface area contributed by atoms with Crippen molar-refractivity contribution in [1.82, 2.24) is 15.1 Å². The van der Waals surface area contributed by atoms with Crippen LogP contribution in [0.3, 0.4) is 0 Å². The Bertz CT molecular complexity index is 1280. The Morgan fingerprint density at radius 2 is 1.18 bits per heavy atom. The minimum absolute atomic E-state index is 0.0914. The number of aryl methyl sites for hydroxylation is 2. The molecule has 39 heavy (non-hydrogen) atoms. The summed E-state index contributed by atoms with van der Waals surface area (Å²) in [5.41, 5.74) is 7.67. The highest BCUT2D eigenvalue weighted by Crippen LogP contribution is 2.33. The Balaban J connectivity index is 0.000000230. The number of imide groups is 2. The van der Waals surface area contributed by atoms with Gasteiger partial charge in [0.25, 0.3) is 23.6 Å². The van der Waals surface area contributed by atoms with Crippen molar-refractivity contribution in [1.29, 1.82) is 0 Å². The minimum Gasteiger partial charge on any atom is -0.504 e. The molecule has 0 aromatic heterocycles. The first-order chi connectivity index (χ1) is 18.2. The van der Waals surface area contributed by atoms with Crippen LogP contribution >= 0.6 is 0 Å². The third-order valence-electron chi connectivity index (χ3n) is 6.01. The van der Waals surface area contributed by atoms with Crippen molar-refractivity contribution in [2.45, 2.75) is 40.2 Å². The summed E-state index contributed by atoms with van der Waals surface area (Å²) in [6, 6.07) is 5.65. The number of phenols is 2. The van der Waals surface area contributed by atoms with Crippen LogP contribution in [0.5, 0.6) is 11.5 Å². The zero-order valence-electron chi connectivity index (χ0n) is 22.5. The molecule has 2 aliphatic rings. The molecule has 2 aliphatic heterocycles. The van der Waals surface area contributed by atoms with Gasteiger partial charge in [-0.25, -0.2) is 4.79 Å². The lowest BCUT2D eigenvalue weighted by Gasteiger charge is -2.20. The lowest BCUT2D eigenvalue weighted by atomic mass is 10.0. The highest BCUT2D eigenvalue weighted by Gasteiger charge is 2.37. The molecule has 0 radical (unpaired) electrons. The Kier molecular flexibility index (Phi) is 8.30.